The molecule has 1 aromatic heterocycles. The Morgan fingerprint density at radius 1 is 1.08 bits per heavy atom. The van der Waals surface area contributed by atoms with Crippen molar-refractivity contribution in [3.05, 3.63) is 59.9 Å². The Morgan fingerprint density at radius 3 is 2.25 bits per heavy atom. The first-order chi connectivity index (χ1) is 11.3. The van der Waals surface area contributed by atoms with Crippen LogP contribution in [-0.2, 0) is 6.54 Å². The van der Waals surface area contributed by atoms with E-state index < -0.39 is 18.6 Å². The quantitative estimate of drug-likeness (QED) is 0.839. The van der Waals surface area contributed by atoms with Crippen molar-refractivity contribution in [1.82, 2.24) is 9.88 Å². The van der Waals surface area contributed by atoms with E-state index in [1.165, 1.54) is 12.3 Å². The van der Waals surface area contributed by atoms with Gasteiger partial charge >= 0.3 is 6.18 Å². The highest BCUT2D eigenvalue weighted by molar-refractivity contribution is 5.92. The standard InChI is InChI=1S/C17H18F3N3O/c1-22(2)14-8-6-13(7-9-14)11-23(12-17(18,19)20)16(24)15-5-3-4-10-21-15/h3-10H,11-12H2,1-2H3. The Bertz CT molecular complexity index is 670. The monoisotopic (exact) mass is 337 g/mol. The summed E-state index contributed by atoms with van der Waals surface area (Å²) in [5.41, 5.74) is 1.54. The van der Waals surface area contributed by atoms with E-state index in [0.717, 1.165) is 10.6 Å². The van der Waals surface area contributed by atoms with E-state index in [2.05, 4.69) is 4.98 Å². The van der Waals surface area contributed by atoms with E-state index in [1.54, 1.807) is 36.4 Å². The van der Waals surface area contributed by atoms with E-state index in [4.69, 9.17) is 0 Å². The van der Waals surface area contributed by atoms with Gasteiger partial charge in [-0.25, -0.2) is 0 Å². The highest BCUT2D eigenvalue weighted by atomic mass is 19.4. The van der Waals surface area contributed by atoms with E-state index in [9.17, 15) is 18.0 Å². The number of amides is 1. The van der Waals surface area contributed by atoms with Crippen LogP contribution in [0.15, 0.2) is 48.7 Å². The van der Waals surface area contributed by atoms with Gasteiger partial charge < -0.3 is 9.80 Å². The molecule has 0 fully saturated rings. The SMILES string of the molecule is CN(C)c1ccc(CN(CC(F)(F)F)C(=O)c2ccccn2)cc1. The molecule has 2 rings (SSSR count). The molecule has 0 saturated heterocycles. The molecule has 1 amide bonds. The average molecular weight is 337 g/mol. The average Bonchev–Trinajstić information content (AvgIpc) is 2.53. The highest BCUT2D eigenvalue weighted by Crippen LogP contribution is 2.21. The molecular weight excluding hydrogens is 319 g/mol. The zero-order chi connectivity index (χ0) is 17.7. The first-order valence-corrected chi connectivity index (χ1v) is 7.29. The molecule has 128 valence electrons. The summed E-state index contributed by atoms with van der Waals surface area (Å²) in [5.74, 6) is -0.746. The third kappa shape index (κ3) is 4.97. The molecule has 0 aliphatic heterocycles. The number of pyridine rings is 1. The lowest BCUT2D eigenvalue weighted by atomic mass is 10.1. The first kappa shape index (κ1) is 17.8. The number of hydrogen-bond acceptors (Lipinski definition) is 3. The van der Waals surface area contributed by atoms with Crippen LogP contribution in [0.1, 0.15) is 16.1 Å². The molecule has 0 bridgehead atoms. The number of rotatable bonds is 5. The van der Waals surface area contributed by atoms with Crippen LogP contribution in [0.5, 0.6) is 0 Å². The van der Waals surface area contributed by atoms with Crippen molar-refractivity contribution < 1.29 is 18.0 Å². The van der Waals surface area contributed by atoms with Gasteiger partial charge in [0.15, 0.2) is 0 Å². The van der Waals surface area contributed by atoms with Gasteiger partial charge in [-0.05, 0) is 29.8 Å². The molecule has 7 heteroatoms. The number of carbonyl (C=O) groups excluding carboxylic acids is 1. The molecule has 0 saturated carbocycles. The minimum Gasteiger partial charge on any atom is -0.378 e. The predicted octanol–water partition coefficient (Wildman–Crippen LogP) is 3.35. The Balaban J connectivity index is 2.21. The zero-order valence-corrected chi connectivity index (χ0v) is 13.4. The Morgan fingerprint density at radius 2 is 1.75 bits per heavy atom. The number of alkyl halides is 3. The molecule has 24 heavy (non-hydrogen) atoms. The summed E-state index contributed by atoms with van der Waals surface area (Å²) in [6.07, 6.45) is -3.10. The molecule has 0 spiro atoms. The Kier molecular flexibility index (Phi) is 5.43. The van der Waals surface area contributed by atoms with Gasteiger partial charge in [0.1, 0.15) is 12.2 Å². The predicted molar refractivity (Wildman–Crippen MR) is 85.8 cm³/mol. The van der Waals surface area contributed by atoms with Crippen LogP contribution in [0.4, 0.5) is 18.9 Å². The fourth-order valence-electron chi connectivity index (χ4n) is 2.19. The third-order valence-electron chi connectivity index (χ3n) is 3.37. The summed E-state index contributed by atoms with van der Waals surface area (Å²) in [7, 11) is 3.74. The molecule has 4 nitrogen and oxygen atoms in total. The maximum absolute atomic E-state index is 12.8. The van der Waals surface area contributed by atoms with Crippen molar-refractivity contribution >= 4 is 11.6 Å². The molecule has 0 radical (unpaired) electrons. The summed E-state index contributed by atoms with van der Waals surface area (Å²) >= 11 is 0. The number of halogens is 3. The second kappa shape index (κ2) is 7.33. The van der Waals surface area contributed by atoms with Crippen LogP contribution >= 0.6 is 0 Å². The Hall–Kier alpha value is -2.57. The highest BCUT2D eigenvalue weighted by Gasteiger charge is 2.33. The zero-order valence-electron chi connectivity index (χ0n) is 13.4. The summed E-state index contributed by atoms with van der Waals surface area (Å²) in [6.45, 7) is -1.46. The number of hydrogen-bond donors (Lipinski definition) is 0. The summed E-state index contributed by atoms with van der Waals surface area (Å²) in [6, 6.07) is 11.6. The number of carbonyl (C=O) groups is 1. The summed E-state index contributed by atoms with van der Waals surface area (Å²) < 4.78 is 38.5. The van der Waals surface area contributed by atoms with Gasteiger partial charge in [-0.2, -0.15) is 13.2 Å². The smallest absolute Gasteiger partial charge is 0.378 e. The van der Waals surface area contributed by atoms with Crippen LogP contribution in [0.25, 0.3) is 0 Å². The fourth-order valence-corrected chi connectivity index (χ4v) is 2.19. The van der Waals surface area contributed by atoms with Crippen molar-refractivity contribution in [3.8, 4) is 0 Å². The molecule has 2 aromatic rings. The van der Waals surface area contributed by atoms with E-state index in [-0.39, 0.29) is 12.2 Å². The van der Waals surface area contributed by atoms with Gasteiger partial charge in [-0.1, -0.05) is 18.2 Å². The summed E-state index contributed by atoms with van der Waals surface area (Å²) in [4.78, 5) is 18.8. The van der Waals surface area contributed by atoms with Gasteiger partial charge in [0.2, 0.25) is 0 Å². The van der Waals surface area contributed by atoms with Gasteiger partial charge in [0.05, 0.1) is 0 Å². The molecule has 1 aromatic carbocycles. The molecule has 0 aliphatic carbocycles. The van der Waals surface area contributed by atoms with Crippen molar-refractivity contribution in [2.45, 2.75) is 12.7 Å². The maximum atomic E-state index is 12.8. The Labute approximate surface area is 138 Å². The van der Waals surface area contributed by atoms with Crippen LogP contribution in [0.3, 0.4) is 0 Å². The lowest BCUT2D eigenvalue weighted by molar-refractivity contribution is -0.141. The maximum Gasteiger partial charge on any atom is 0.406 e. The molecule has 1 heterocycles. The van der Waals surface area contributed by atoms with Crippen LogP contribution in [-0.4, -0.2) is 42.6 Å². The van der Waals surface area contributed by atoms with Crippen LogP contribution in [0, 0.1) is 0 Å². The van der Waals surface area contributed by atoms with Gasteiger partial charge in [-0.15, -0.1) is 0 Å². The molecule has 0 N–H and O–H groups in total. The van der Waals surface area contributed by atoms with Crippen molar-refractivity contribution in [3.63, 3.8) is 0 Å². The van der Waals surface area contributed by atoms with Gasteiger partial charge in [0.25, 0.3) is 5.91 Å². The van der Waals surface area contributed by atoms with Crippen LogP contribution in [0.2, 0.25) is 0 Å². The van der Waals surface area contributed by atoms with E-state index in [1.807, 2.05) is 19.0 Å². The lowest BCUT2D eigenvalue weighted by Crippen LogP contribution is -2.38. The first-order valence-electron chi connectivity index (χ1n) is 7.29. The van der Waals surface area contributed by atoms with Crippen molar-refractivity contribution in [2.75, 3.05) is 25.5 Å². The van der Waals surface area contributed by atoms with Gasteiger partial charge in [0, 0.05) is 32.5 Å². The largest absolute Gasteiger partial charge is 0.406 e. The van der Waals surface area contributed by atoms with E-state index in [0.29, 0.717) is 5.56 Å². The van der Waals surface area contributed by atoms with Crippen molar-refractivity contribution in [2.24, 2.45) is 0 Å². The van der Waals surface area contributed by atoms with Crippen LogP contribution < -0.4 is 4.90 Å². The second-order valence-corrected chi connectivity index (χ2v) is 5.55. The number of benzene rings is 1. The van der Waals surface area contributed by atoms with Crippen molar-refractivity contribution in [1.29, 1.82) is 0 Å². The molecule has 0 unspecified atom stereocenters. The number of anilines is 1. The minimum absolute atomic E-state index is 0.00772. The fraction of sp³-hybridized carbons (Fsp3) is 0.294. The molecular formula is C17H18F3N3O. The topological polar surface area (TPSA) is 36.4 Å². The minimum atomic E-state index is -4.48. The number of nitrogens with zero attached hydrogens (tertiary/aromatic N) is 3. The van der Waals surface area contributed by atoms with E-state index >= 15 is 0 Å². The normalized spacial score (nSPS) is 11.2. The summed E-state index contributed by atoms with van der Waals surface area (Å²) in [5, 5.41) is 0. The number of aromatic nitrogens is 1. The third-order valence-corrected chi connectivity index (χ3v) is 3.37. The van der Waals surface area contributed by atoms with Gasteiger partial charge in [-0.3, -0.25) is 9.78 Å². The second-order valence-electron chi connectivity index (χ2n) is 5.55. The lowest BCUT2D eigenvalue weighted by Gasteiger charge is -2.24. The molecule has 0 atom stereocenters. The molecule has 0 aliphatic rings.